The predicted octanol–water partition coefficient (Wildman–Crippen LogP) is 1.17. The molecule has 1 aliphatic rings. The molecule has 1 aromatic rings. The largest absolute Gasteiger partial charge is 0.382 e. The van der Waals surface area contributed by atoms with Crippen LogP contribution in [0.4, 0.5) is 5.69 Å². The predicted molar refractivity (Wildman–Crippen MR) is 62.8 cm³/mol. The Morgan fingerprint density at radius 2 is 1.94 bits per heavy atom. The Morgan fingerprint density at radius 3 is 2.75 bits per heavy atom. The first-order chi connectivity index (χ1) is 7.77. The number of hydrogen-bond donors (Lipinski definition) is 2. The van der Waals surface area contributed by atoms with Gasteiger partial charge in [-0.3, -0.25) is 4.79 Å². The first kappa shape index (κ1) is 11.0. The van der Waals surface area contributed by atoms with E-state index in [2.05, 4.69) is 10.6 Å². The molecule has 0 aliphatic carbocycles. The van der Waals surface area contributed by atoms with Crippen LogP contribution in [-0.2, 0) is 4.74 Å². The lowest BCUT2D eigenvalue weighted by atomic mass is 10.1. The topological polar surface area (TPSA) is 50.4 Å². The van der Waals surface area contributed by atoms with Crippen LogP contribution in [0.5, 0.6) is 0 Å². The third-order valence-electron chi connectivity index (χ3n) is 2.51. The van der Waals surface area contributed by atoms with Crippen LogP contribution in [0.2, 0.25) is 0 Å². The minimum atomic E-state index is -0.0481. The number of benzene rings is 1. The van der Waals surface area contributed by atoms with E-state index in [9.17, 15) is 4.79 Å². The molecule has 0 bridgehead atoms. The highest BCUT2D eigenvalue weighted by Crippen LogP contribution is 2.17. The van der Waals surface area contributed by atoms with Crippen molar-refractivity contribution in [2.45, 2.75) is 6.92 Å². The fraction of sp³-hybridized carbons (Fsp3) is 0.417. The molecule has 0 radical (unpaired) electrons. The molecule has 1 amide bonds. The molecule has 0 aromatic heterocycles. The number of fused-ring (bicyclic) bond motifs is 1. The Bertz CT molecular complexity index is 391. The van der Waals surface area contributed by atoms with Crippen LogP contribution in [0, 0.1) is 6.92 Å². The highest BCUT2D eigenvalue weighted by molar-refractivity contribution is 5.99. The van der Waals surface area contributed by atoms with Gasteiger partial charge in [-0.15, -0.1) is 0 Å². The lowest BCUT2D eigenvalue weighted by Gasteiger charge is -2.15. The average molecular weight is 220 g/mol. The molecule has 2 N–H and O–H groups in total. The van der Waals surface area contributed by atoms with E-state index >= 15 is 0 Å². The van der Waals surface area contributed by atoms with E-state index in [4.69, 9.17) is 4.74 Å². The van der Waals surface area contributed by atoms with Gasteiger partial charge in [0.2, 0.25) is 0 Å². The normalized spacial score (nSPS) is 16.9. The first-order valence-electron chi connectivity index (χ1n) is 5.48. The fourth-order valence-electron chi connectivity index (χ4n) is 1.69. The van der Waals surface area contributed by atoms with Gasteiger partial charge in [0.15, 0.2) is 0 Å². The summed E-state index contributed by atoms with van der Waals surface area (Å²) in [6.45, 7) is 4.52. The smallest absolute Gasteiger partial charge is 0.253 e. The number of carbonyl (C=O) groups excluding carboxylic acids is 1. The van der Waals surface area contributed by atoms with Crippen LogP contribution in [0.3, 0.4) is 0 Å². The summed E-state index contributed by atoms with van der Waals surface area (Å²) in [4.78, 5) is 11.8. The monoisotopic (exact) mass is 220 g/mol. The number of rotatable bonds is 0. The number of hydrogen-bond acceptors (Lipinski definition) is 3. The molecule has 0 unspecified atom stereocenters. The zero-order chi connectivity index (χ0) is 11.4. The van der Waals surface area contributed by atoms with Crippen molar-refractivity contribution in [3.05, 3.63) is 29.3 Å². The molecule has 0 saturated heterocycles. The van der Waals surface area contributed by atoms with E-state index in [1.807, 2.05) is 25.1 Å². The van der Waals surface area contributed by atoms with Gasteiger partial charge >= 0.3 is 0 Å². The van der Waals surface area contributed by atoms with Crippen LogP contribution in [0.1, 0.15) is 15.9 Å². The van der Waals surface area contributed by atoms with Crippen molar-refractivity contribution >= 4 is 11.6 Å². The van der Waals surface area contributed by atoms with Gasteiger partial charge in [-0.2, -0.15) is 0 Å². The number of nitrogens with one attached hydrogen (secondary N) is 2. The van der Waals surface area contributed by atoms with Crippen molar-refractivity contribution in [1.82, 2.24) is 5.32 Å². The summed E-state index contributed by atoms with van der Waals surface area (Å²) in [5.74, 6) is -0.0481. The van der Waals surface area contributed by atoms with E-state index in [0.717, 1.165) is 17.8 Å². The van der Waals surface area contributed by atoms with Crippen molar-refractivity contribution in [2.75, 3.05) is 31.6 Å². The van der Waals surface area contributed by atoms with E-state index in [0.29, 0.717) is 25.3 Å². The molecule has 0 fully saturated rings. The second-order valence-electron chi connectivity index (χ2n) is 3.84. The Morgan fingerprint density at radius 1 is 1.19 bits per heavy atom. The van der Waals surface area contributed by atoms with E-state index in [1.165, 1.54) is 0 Å². The number of carbonyl (C=O) groups is 1. The number of aryl methyl sites for hydroxylation is 1. The maximum Gasteiger partial charge on any atom is 0.253 e. The lowest BCUT2D eigenvalue weighted by molar-refractivity contribution is 0.0918. The van der Waals surface area contributed by atoms with Crippen LogP contribution in [0.15, 0.2) is 18.2 Å². The van der Waals surface area contributed by atoms with Gasteiger partial charge in [0.1, 0.15) is 0 Å². The molecule has 4 heteroatoms. The number of amides is 1. The molecular weight excluding hydrogens is 204 g/mol. The molecular formula is C12H16N2O2. The Kier molecular flexibility index (Phi) is 3.41. The third-order valence-corrected chi connectivity index (χ3v) is 2.51. The molecule has 0 saturated carbocycles. The van der Waals surface area contributed by atoms with Crippen LogP contribution in [0.25, 0.3) is 0 Å². The van der Waals surface area contributed by atoms with Gasteiger partial charge < -0.3 is 15.4 Å². The first-order valence-corrected chi connectivity index (χ1v) is 5.48. The second kappa shape index (κ2) is 4.99. The zero-order valence-corrected chi connectivity index (χ0v) is 9.38. The van der Waals surface area contributed by atoms with Crippen molar-refractivity contribution in [3.63, 3.8) is 0 Å². The molecule has 1 aliphatic heterocycles. The Hall–Kier alpha value is -1.55. The van der Waals surface area contributed by atoms with Crippen LogP contribution >= 0.6 is 0 Å². The molecule has 0 spiro atoms. The van der Waals surface area contributed by atoms with E-state index in [-0.39, 0.29) is 5.91 Å². The van der Waals surface area contributed by atoms with Crippen LogP contribution < -0.4 is 10.6 Å². The maximum absolute atomic E-state index is 11.8. The quantitative estimate of drug-likeness (QED) is 0.690. The van der Waals surface area contributed by atoms with Crippen molar-refractivity contribution in [1.29, 1.82) is 0 Å². The summed E-state index contributed by atoms with van der Waals surface area (Å²) in [5, 5.41) is 6.04. The standard InChI is InChI=1S/C12H16N2O2/c1-9-2-3-10-11(8-9)13-4-6-16-7-5-14-12(10)15/h2-3,8,13H,4-7H2,1H3,(H,14,15). The van der Waals surface area contributed by atoms with E-state index in [1.54, 1.807) is 0 Å². The van der Waals surface area contributed by atoms with Crippen molar-refractivity contribution in [2.24, 2.45) is 0 Å². The van der Waals surface area contributed by atoms with Gasteiger partial charge in [0, 0.05) is 18.8 Å². The second-order valence-corrected chi connectivity index (χ2v) is 3.84. The molecule has 1 aromatic carbocycles. The fourth-order valence-corrected chi connectivity index (χ4v) is 1.69. The van der Waals surface area contributed by atoms with Crippen molar-refractivity contribution < 1.29 is 9.53 Å². The molecule has 86 valence electrons. The molecule has 1 heterocycles. The molecule has 0 atom stereocenters. The molecule has 16 heavy (non-hydrogen) atoms. The Labute approximate surface area is 95.0 Å². The maximum atomic E-state index is 11.8. The minimum Gasteiger partial charge on any atom is -0.382 e. The third kappa shape index (κ3) is 2.52. The van der Waals surface area contributed by atoms with E-state index < -0.39 is 0 Å². The summed E-state index contributed by atoms with van der Waals surface area (Å²) in [6, 6.07) is 5.79. The SMILES string of the molecule is Cc1ccc2c(c1)NCCOCCNC2=O. The highest BCUT2D eigenvalue weighted by Gasteiger charge is 2.11. The van der Waals surface area contributed by atoms with Gasteiger partial charge in [0.25, 0.3) is 5.91 Å². The molecule has 2 rings (SSSR count). The van der Waals surface area contributed by atoms with Crippen LogP contribution in [-0.4, -0.2) is 32.2 Å². The van der Waals surface area contributed by atoms with Crippen molar-refractivity contribution in [3.8, 4) is 0 Å². The lowest BCUT2D eigenvalue weighted by Crippen LogP contribution is -2.30. The highest BCUT2D eigenvalue weighted by atomic mass is 16.5. The Balaban J connectivity index is 2.28. The van der Waals surface area contributed by atoms with Gasteiger partial charge in [-0.05, 0) is 24.6 Å². The molecule has 4 nitrogen and oxygen atoms in total. The zero-order valence-electron chi connectivity index (χ0n) is 9.38. The van der Waals surface area contributed by atoms with Gasteiger partial charge in [-0.1, -0.05) is 6.07 Å². The number of ether oxygens (including phenoxy) is 1. The summed E-state index contributed by atoms with van der Waals surface area (Å²) < 4.78 is 5.33. The summed E-state index contributed by atoms with van der Waals surface area (Å²) >= 11 is 0. The van der Waals surface area contributed by atoms with Gasteiger partial charge in [-0.25, -0.2) is 0 Å². The average Bonchev–Trinajstić information content (AvgIpc) is 2.27. The summed E-state index contributed by atoms with van der Waals surface area (Å²) in [6.07, 6.45) is 0. The summed E-state index contributed by atoms with van der Waals surface area (Å²) in [5.41, 5.74) is 2.72. The number of anilines is 1. The van der Waals surface area contributed by atoms with Gasteiger partial charge in [0.05, 0.1) is 18.8 Å². The minimum absolute atomic E-state index is 0.0481. The summed E-state index contributed by atoms with van der Waals surface area (Å²) in [7, 11) is 0.